The van der Waals surface area contributed by atoms with Gasteiger partial charge in [0.25, 0.3) is 0 Å². The summed E-state index contributed by atoms with van der Waals surface area (Å²) in [6.45, 7) is 3.34. The highest BCUT2D eigenvalue weighted by atomic mass is 32.2. The molecular formula is C8H8O2S. The second kappa shape index (κ2) is 2.41. The molecule has 2 rings (SSSR count). The zero-order valence-electron chi connectivity index (χ0n) is 5.90. The predicted octanol–water partition coefficient (Wildman–Crippen LogP) is 1.55. The number of esters is 1. The zero-order valence-corrected chi connectivity index (χ0v) is 6.71. The Balaban J connectivity index is 1.95. The van der Waals surface area contributed by atoms with Gasteiger partial charge in [0.2, 0.25) is 0 Å². The molecule has 0 radical (unpaired) electrons. The molecule has 1 aliphatic heterocycles. The van der Waals surface area contributed by atoms with E-state index in [0.717, 1.165) is 0 Å². The predicted molar refractivity (Wildman–Crippen MR) is 43.8 cm³/mol. The van der Waals surface area contributed by atoms with Gasteiger partial charge in [-0.3, -0.25) is 4.79 Å². The maximum absolute atomic E-state index is 11.1. The Hall–Kier alpha value is -0.700. The van der Waals surface area contributed by atoms with Crippen LogP contribution in [0.2, 0.25) is 0 Å². The molecule has 0 saturated heterocycles. The minimum Gasteiger partial charge on any atom is -0.435 e. The molecule has 58 valence electrons. The van der Waals surface area contributed by atoms with Crippen molar-refractivity contribution in [3.05, 3.63) is 24.3 Å². The summed E-state index contributed by atoms with van der Waals surface area (Å²) in [5, 5.41) is 2.51. The molecule has 0 amide bonds. The molecule has 0 N–H and O–H groups in total. The first-order chi connectivity index (χ1) is 5.34. The van der Waals surface area contributed by atoms with Crippen LogP contribution in [0, 0.1) is 11.8 Å². The second-order valence-corrected chi connectivity index (χ2v) is 3.72. The van der Waals surface area contributed by atoms with E-state index in [9.17, 15) is 4.79 Å². The lowest BCUT2D eigenvalue weighted by Gasteiger charge is -1.96. The number of carbonyl (C=O) groups is 1. The molecule has 0 unspecified atom stereocenters. The van der Waals surface area contributed by atoms with E-state index in [4.69, 9.17) is 0 Å². The summed E-state index contributed by atoms with van der Waals surface area (Å²) in [4.78, 5) is 11.1. The van der Waals surface area contributed by atoms with Gasteiger partial charge in [-0.2, -0.15) is 0 Å². The summed E-state index contributed by atoms with van der Waals surface area (Å²) in [6.07, 6.45) is 3.27. The van der Waals surface area contributed by atoms with Crippen molar-refractivity contribution in [2.75, 3.05) is 0 Å². The van der Waals surface area contributed by atoms with Crippen molar-refractivity contribution in [1.82, 2.24) is 0 Å². The maximum Gasteiger partial charge on any atom is 0.315 e. The van der Waals surface area contributed by atoms with Crippen molar-refractivity contribution < 1.29 is 9.53 Å². The van der Waals surface area contributed by atoms with Gasteiger partial charge in [-0.25, -0.2) is 0 Å². The molecule has 3 atom stereocenters. The van der Waals surface area contributed by atoms with Crippen molar-refractivity contribution >= 4 is 17.7 Å². The summed E-state index contributed by atoms with van der Waals surface area (Å²) in [6, 6.07) is 0. The van der Waals surface area contributed by atoms with Crippen molar-refractivity contribution in [2.45, 2.75) is 5.25 Å². The van der Waals surface area contributed by atoms with Crippen molar-refractivity contribution in [2.24, 2.45) is 11.8 Å². The summed E-state index contributed by atoms with van der Waals surface area (Å²) in [7, 11) is 0. The lowest BCUT2D eigenvalue weighted by molar-refractivity contribution is -0.139. The zero-order chi connectivity index (χ0) is 7.84. The quantitative estimate of drug-likeness (QED) is 0.462. The van der Waals surface area contributed by atoms with Crippen molar-refractivity contribution in [3.8, 4) is 0 Å². The molecule has 1 aliphatic carbocycles. The number of thioether (sulfide) groups is 1. The van der Waals surface area contributed by atoms with Crippen LogP contribution in [0.15, 0.2) is 24.3 Å². The number of allylic oxidation sites excluding steroid dienone is 1. The van der Waals surface area contributed by atoms with Crippen LogP contribution in [0.1, 0.15) is 0 Å². The SMILES string of the molecule is C=COC(=O)[C@@H]1[C@H]2C=CS[C@H]21. The molecule has 0 aromatic carbocycles. The fourth-order valence-electron chi connectivity index (χ4n) is 1.39. The first-order valence-corrected chi connectivity index (χ1v) is 4.42. The Morgan fingerprint density at radius 2 is 2.55 bits per heavy atom. The molecule has 1 fully saturated rings. The van der Waals surface area contributed by atoms with Gasteiger partial charge < -0.3 is 4.74 Å². The molecule has 3 heteroatoms. The van der Waals surface area contributed by atoms with E-state index in [-0.39, 0.29) is 11.9 Å². The minimum absolute atomic E-state index is 0.1000. The standard InChI is InChI=1S/C8H8O2S/c1-2-10-8(9)6-5-3-4-11-7(5)6/h2-7H,1H2/t5-,6-,7-/m1/s1. The van der Waals surface area contributed by atoms with Gasteiger partial charge in [0.1, 0.15) is 0 Å². The van der Waals surface area contributed by atoms with E-state index in [1.165, 1.54) is 6.26 Å². The van der Waals surface area contributed by atoms with Crippen LogP contribution in [0.4, 0.5) is 0 Å². The lowest BCUT2D eigenvalue weighted by atomic mass is 10.3. The molecule has 1 saturated carbocycles. The number of hydrogen-bond donors (Lipinski definition) is 0. The van der Waals surface area contributed by atoms with E-state index in [1.54, 1.807) is 11.8 Å². The van der Waals surface area contributed by atoms with Crippen LogP contribution < -0.4 is 0 Å². The maximum atomic E-state index is 11.1. The van der Waals surface area contributed by atoms with Crippen LogP contribution in [0.3, 0.4) is 0 Å². The number of hydrogen-bond acceptors (Lipinski definition) is 3. The van der Waals surface area contributed by atoms with Gasteiger partial charge in [0.15, 0.2) is 0 Å². The van der Waals surface area contributed by atoms with Crippen LogP contribution >= 0.6 is 11.8 Å². The van der Waals surface area contributed by atoms with E-state index < -0.39 is 0 Å². The Bertz CT molecular complexity index is 234. The highest BCUT2D eigenvalue weighted by Gasteiger charge is 2.56. The molecule has 11 heavy (non-hydrogen) atoms. The molecular weight excluding hydrogens is 160 g/mol. The van der Waals surface area contributed by atoms with Gasteiger partial charge in [0, 0.05) is 11.2 Å². The average Bonchev–Trinajstić information content (AvgIpc) is 2.47. The van der Waals surface area contributed by atoms with E-state index in [0.29, 0.717) is 11.2 Å². The van der Waals surface area contributed by atoms with Gasteiger partial charge >= 0.3 is 5.97 Å². The van der Waals surface area contributed by atoms with Crippen molar-refractivity contribution in [1.29, 1.82) is 0 Å². The Kier molecular flexibility index (Phi) is 1.53. The Morgan fingerprint density at radius 1 is 1.73 bits per heavy atom. The molecule has 0 aromatic rings. The highest BCUT2D eigenvalue weighted by Crippen LogP contribution is 2.54. The monoisotopic (exact) mass is 168 g/mol. The van der Waals surface area contributed by atoms with Gasteiger partial charge in [-0.15, -0.1) is 11.8 Å². The largest absolute Gasteiger partial charge is 0.435 e. The second-order valence-electron chi connectivity index (χ2n) is 2.64. The first kappa shape index (κ1) is 6.98. The number of ether oxygens (including phenoxy) is 1. The molecule has 0 bridgehead atoms. The molecule has 0 aromatic heterocycles. The molecule has 0 spiro atoms. The third-order valence-electron chi connectivity index (χ3n) is 2.02. The fourth-order valence-corrected chi connectivity index (χ4v) is 2.65. The van der Waals surface area contributed by atoms with Crippen LogP contribution in [0.25, 0.3) is 0 Å². The molecule has 2 aliphatic rings. The van der Waals surface area contributed by atoms with E-state index in [1.807, 2.05) is 5.41 Å². The first-order valence-electron chi connectivity index (χ1n) is 3.48. The Morgan fingerprint density at radius 3 is 3.09 bits per heavy atom. The minimum atomic E-state index is -0.133. The van der Waals surface area contributed by atoms with Gasteiger partial charge in [-0.1, -0.05) is 12.7 Å². The third kappa shape index (κ3) is 0.997. The number of carbonyl (C=O) groups excluding carboxylic acids is 1. The van der Waals surface area contributed by atoms with Gasteiger partial charge in [0.05, 0.1) is 12.2 Å². The lowest BCUT2D eigenvalue weighted by Crippen LogP contribution is -2.05. The summed E-state index contributed by atoms with van der Waals surface area (Å²) in [5.41, 5.74) is 0. The normalized spacial score (nSPS) is 38.0. The highest BCUT2D eigenvalue weighted by molar-refractivity contribution is 8.03. The summed E-state index contributed by atoms with van der Waals surface area (Å²) < 4.78 is 4.68. The fraction of sp³-hybridized carbons (Fsp3) is 0.375. The number of fused-ring (bicyclic) bond motifs is 1. The van der Waals surface area contributed by atoms with Crippen LogP contribution in [0.5, 0.6) is 0 Å². The Labute approximate surface area is 69.3 Å². The third-order valence-corrected chi connectivity index (χ3v) is 3.25. The molecule has 1 heterocycles. The van der Waals surface area contributed by atoms with E-state index in [2.05, 4.69) is 17.4 Å². The smallest absolute Gasteiger partial charge is 0.315 e. The average molecular weight is 168 g/mol. The summed E-state index contributed by atoms with van der Waals surface area (Å²) >= 11 is 1.72. The summed E-state index contributed by atoms with van der Waals surface area (Å²) in [5.74, 6) is 0.405. The van der Waals surface area contributed by atoms with Crippen molar-refractivity contribution in [3.63, 3.8) is 0 Å². The number of rotatable bonds is 2. The topological polar surface area (TPSA) is 26.3 Å². The van der Waals surface area contributed by atoms with Gasteiger partial charge in [-0.05, 0) is 5.41 Å². The van der Waals surface area contributed by atoms with Crippen LogP contribution in [-0.2, 0) is 9.53 Å². The van der Waals surface area contributed by atoms with Crippen LogP contribution in [-0.4, -0.2) is 11.2 Å². The van der Waals surface area contributed by atoms with E-state index >= 15 is 0 Å². The molecule has 2 nitrogen and oxygen atoms in total.